The number of anilines is 1. The van der Waals surface area contributed by atoms with Gasteiger partial charge in [-0.1, -0.05) is 6.07 Å². The average Bonchev–Trinajstić information content (AvgIpc) is 3.14. The number of sulfonamides is 1. The predicted octanol–water partition coefficient (Wildman–Crippen LogP) is 3.18. The van der Waals surface area contributed by atoms with Gasteiger partial charge in [0.15, 0.2) is 0 Å². The van der Waals surface area contributed by atoms with E-state index in [1.807, 2.05) is 6.07 Å². The molecular formula is C17H18F3N3O2S. The highest BCUT2D eigenvalue weighted by molar-refractivity contribution is 7.89. The first-order chi connectivity index (χ1) is 12.3. The van der Waals surface area contributed by atoms with Crippen molar-refractivity contribution in [1.82, 2.24) is 9.71 Å². The van der Waals surface area contributed by atoms with Crippen LogP contribution >= 0.6 is 0 Å². The van der Waals surface area contributed by atoms with Crippen LogP contribution in [0.5, 0.6) is 0 Å². The first-order valence-electron chi connectivity index (χ1n) is 8.12. The van der Waals surface area contributed by atoms with Crippen LogP contribution in [0.25, 0.3) is 0 Å². The number of rotatable bonds is 5. The Balaban J connectivity index is 1.64. The summed E-state index contributed by atoms with van der Waals surface area (Å²) < 4.78 is 64.5. The molecule has 1 aliphatic heterocycles. The zero-order valence-corrected chi connectivity index (χ0v) is 14.6. The van der Waals surface area contributed by atoms with E-state index in [9.17, 15) is 21.6 Å². The Morgan fingerprint density at radius 2 is 1.69 bits per heavy atom. The molecule has 0 atom stereocenters. The Morgan fingerprint density at radius 1 is 1.04 bits per heavy atom. The van der Waals surface area contributed by atoms with E-state index in [0.717, 1.165) is 56.0 Å². The average molecular weight is 385 g/mol. The Labute approximate surface area is 149 Å². The van der Waals surface area contributed by atoms with Crippen LogP contribution in [0.4, 0.5) is 19.0 Å². The van der Waals surface area contributed by atoms with E-state index in [4.69, 9.17) is 0 Å². The van der Waals surface area contributed by atoms with Gasteiger partial charge in [-0.05, 0) is 48.7 Å². The largest absolute Gasteiger partial charge is 0.416 e. The molecule has 140 valence electrons. The van der Waals surface area contributed by atoms with Gasteiger partial charge >= 0.3 is 6.18 Å². The van der Waals surface area contributed by atoms with Crippen molar-refractivity contribution in [2.75, 3.05) is 18.0 Å². The lowest BCUT2D eigenvalue weighted by molar-refractivity contribution is -0.137. The minimum absolute atomic E-state index is 0.0106. The molecule has 1 aliphatic rings. The van der Waals surface area contributed by atoms with Gasteiger partial charge in [0.05, 0.1) is 10.5 Å². The fourth-order valence-electron chi connectivity index (χ4n) is 2.74. The molecule has 0 spiro atoms. The molecule has 0 unspecified atom stereocenters. The van der Waals surface area contributed by atoms with E-state index >= 15 is 0 Å². The molecule has 2 heterocycles. The highest BCUT2D eigenvalue weighted by Crippen LogP contribution is 2.29. The lowest BCUT2D eigenvalue weighted by Crippen LogP contribution is -2.24. The number of alkyl halides is 3. The topological polar surface area (TPSA) is 62.3 Å². The van der Waals surface area contributed by atoms with Crippen LogP contribution in [0, 0.1) is 0 Å². The van der Waals surface area contributed by atoms with Crippen molar-refractivity contribution in [3.8, 4) is 0 Å². The van der Waals surface area contributed by atoms with Crippen molar-refractivity contribution in [3.63, 3.8) is 0 Å². The van der Waals surface area contributed by atoms with E-state index < -0.39 is 21.8 Å². The second-order valence-electron chi connectivity index (χ2n) is 6.07. The molecule has 1 saturated heterocycles. The normalized spacial score (nSPS) is 15.4. The number of pyridine rings is 1. The summed E-state index contributed by atoms with van der Waals surface area (Å²) in [6, 6.07) is 7.02. The molecule has 0 radical (unpaired) electrons. The first-order valence-corrected chi connectivity index (χ1v) is 9.61. The summed E-state index contributed by atoms with van der Waals surface area (Å²) in [6.07, 6.45) is -0.631. The van der Waals surface area contributed by atoms with E-state index in [2.05, 4.69) is 14.6 Å². The molecule has 0 amide bonds. The molecule has 2 aromatic rings. The van der Waals surface area contributed by atoms with Crippen LogP contribution in [0.15, 0.2) is 47.5 Å². The van der Waals surface area contributed by atoms with E-state index in [-0.39, 0.29) is 11.4 Å². The molecule has 1 aromatic carbocycles. The van der Waals surface area contributed by atoms with Crippen molar-refractivity contribution in [2.24, 2.45) is 0 Å². The fourth-order valence-corrected chi connectivity index (χ4v) is 3.76. The molecule has 0 bridgehead atoms. The summed E-state index contributed by atoms with van der Waals surface area (Å²) >= 11 is 0. The van der Waals surface area contributed by atoms with Gasteiger partial charge < -0.3 is 4.90 Å². The number of halogens is 3. The maximum Gasteiger partial charge on any atom is 0.416 e. The summed E-state index contributed by atoms with van der Waals surface area (Å²) in [5.41, 5.74) is -0.221. The number of aromatic nitrogens is 1. The minimum atomic E-state index is -4.50. The minimum Gasteiger partial charge on any atom is -0.357 e. The van der Waals surface area contributed by atoms with E-state index in [0.29, 0.717) is 5.56 Å². The molecule has 1 fully saturated rings. The van der Waals surface area contributed by atoms with Crippen LogP contribution in [0.2, 0.25) is 0 Å². The van der Waals surface area contributed by atoms with Crippen molar-refractivity contribution in [3.05, 3.63) is 53.7 Å². The number of hydrogen-bond donors (Lipinski definition) is 1. The number of nitrogens with one attached hydrogen (secondary N) is 1. The van der Waals surface area contributed by atoms with Gasteiger partial charge in [-0.2, -0.15) is 13.2 Å². The Morgan fingerprint density at radius 3 is 2.23 bits per heavy atom. The second-order valence-corrected chi connectivity index (χ2v) is 7.83. The van der Waals surface area contributed by atoms with Gasteiger partial charge in [-0.3, -0.25) is 0 Å². The van der Waals surface area contributed by atoms with Crippen LogP contribution < -0.4 is 9.62 Å². The summed E-state index contributed by atoms with van der Waals surface area (Å²) in [7, 11) is -3.90. The van der Waals surface area contributed by atoms with Crippen LogP contribution in [-0.4, -0.2) is 26.5 Å². The van der Waals surface area contributed by atoms with Crippen molar-refractivity contribution >= 4 is 15.8 Å². The molecule has 9 heteroatoms. The van der Waals surface area contributed by atoms with Gasteiger partial charge in [-0.15, -0.1) is 0 Å². The van der Waals surface area contributed by atoms with Crippen LogP contribution in [0.1, 0.15) is 24.0 Å². The van der Waals surface area contributed by atoms with E-state index in [1.165, 1.54) is 0 Å². The third-order valence-corrected chi connectivity index (χ3v) is 5.61. The third kappa shape index (κ3) is 4.34. The summed E-state index contributed by atoms with van der Waals surface area (Å²) in [6.45, 7) is 1.94. The fraction of sp³-hybridized carbons (Fsp3) is 0.353. The molecule has 5 nitrogen and oxygen atoms in total. The SMILES string of the molecule is O=S(=O)(NCc1ccc(N2CCCC2)nc1)c1ccc(C(F)(F)F)cc1. The maximum absolute atomic E-state index is 12.6. The van der Waals surface area contributed by atoms with Crippen LogP contribution in [-0.2, 0) is 22.7 Å². The molecule has 1 N–H and O–H groups in total. The second kappa shape index (κ2) is 7.24. The zero-order valence-electron chi connectivity index (χ0n) is 13.8. The first kappa shape index (κ1) is 18.7. The smallest absolute Gasteiger partial charge is 0.357 e. The summed E-state index contributed by atoms with van der Waals surface area (Å²) in [5, 5.41) is 0. The lowest BCUT2D eigenvalue weighted by Gasteiger charge is -2.16. The Hall–Kier alpha value is -2.13. The standard InChI is InChI=1S/C17H18F3N3O2S/c18-17(19,20)14-4-6-15(7-5-14)26(24,25)22-12-13-3-8-16(21-11-13)23-9-1-2-10-23/h3-8,11,22H,1-2,9-10,12H2. The van der Waals surface area contributed by atoms with Crippen molar-refractivity contribution in [2.45, 2.75) is 30.5 Å². The van der Waals surface area contributed by atoms with Gasteiger partial charge in [-0.25, -0.2) is 18.1 Å². The number of hydrogen-bond acceptors (Lipinski definition) is 4. The van der Waals surface area contributed by atoms with Gasteiger partial charge in [0.2, 0.25) is 10.0 Å². The van der Waals surface area contributed by atoms with Crippen molar-refractivity contribution < 1.29 is 21.6 Å². The monoisotopic (exact) mass is 385 g/mol. The zero-order chi connectivity index (χ0) is 18.8. The summed E-state index contributed by atoms with van der Waals surface area (Å²) in [4.78, 5) is 6.29. The molecular weight excluding hydrogens is 367 g/mol. The lowest BCUT2D eigenvalue weighted by atomic mass is 10.2. The van der Waals surface area contributed by atoms with Gasteiger partial charge in [0, 0.05) is 25.8 Å². The molecule has 0 saturated carbocycles. The third-order valence-electron chi connectivity index (χ3n) is 4.20. The van der Waals surface area contributed by atoms with Gasteiger partial charge in [0.25, 0.3) is 0 Å². The number of benzene rings is 1. The molecule has 0 aliphatic carbocycles. The maximum atomic E-state index is 12.6. The highest BCUT2D eigenvalue weighted by Gasteiger charge is 2.30. The molecule has 1 aromatic heterocycles. The van der Waals surface area contributed by atoms with E-state index in [1.54, 1.807) is 12.3 Å². The Bertz CT molecular complexity index is 844. The van der Waals surface area contributed by atoms with Crippen LogP contribution in [0.3, 0.4) is 0 Å². The quantitative estimate of drug-likeness (QED) is 0.859. The summed E-state index contributed by atoms with van der Waals surface area (Å²) in [5.74, 6) is 0.858. The predicted molar refractivity (Wildman–Crippen MR) is 91.2 cm³/mol. The molecule has 26 heavy (non-hydrogen) atoms. The number of nitrogens with zero attached hydrogens (tertiary/aromatic N) is 2. The van der Waals surface area contributed by atoms with Gasteiger partial charge in [0.1, 0.15) is 5.82 Å². The Kier molecular flexibility index (Phi) is 5.19. The molecule has 3 rings (SSSR count). The van der Waals surface area contributed by atoms with Crippen molar-refractivity contribution in [1.29, 1.82) is 0 Å². The highest BCUT2D eigenvalue weighted by atomic mass is 32.2.